The Hall–Kier alpha value is -2.38. The number of rotatable bonds is 4. The van der Waals surface area contributed by atoms with Gasteiger partial charge in [0.2, 0.25) is 0 Å². The van der Waals surface area contributed by atoms with Gasteiger partial charge >= 0.3 is 0 Å². The van der Waals surface area contributed by atoms with Crippen molar-refractivity contribution in [3.05, 3.63) is 54.1 Å². The highest BCUT2D eigenvalue weighted by Crippen LogP contribution is 2.32. The molecule has 0 saturated carbocycles. The fourth-order valence-corrected chi connectivity index (χ4v) is 5.13. The van der Waals surface area contributed by atoms with E-state index in [4.69, 9.17) is 4.74 Å². The molecule has 2 heterocycles. The summed E-state index contributed by atoms with van der Waals surface area (Å²) >= 11 is 0. The first-order chi connectivity index (χ1) is 13.1. The van der Waals surface area contributed by atoms with E-state index in [-0.39, 0.29) is 10.8 Å². The Morgan fingerprint density at radius 3 is 2.59 bits per heavy atom. The number of carbonyl (C=O) groups is 1. The van der Waals surface area contributed by atoms with Crippen LogP contribution in [0.2, 0.25) is 0 Å². The number of nitrogens with one attached hydrogen (secondary N) is 1. The van der Waals surface area contributed by atoms with Crippen molar-refractivity contribution in [1.29, 1.82) is 0 Å². The first-order valence-corrected chi connectivity index (χ1v) is 10.6. The van der Waals surface area contributed by atoms with Gasteiger partial charge < -0.3 is 10.1 Å². The Kier molecular flexibility index (Phi) is 4.88. The number of anilines is 2. The minimum Gasteiger partial charge on any atom is -0.368 e. The summed E-state index contributed by atoms with van der Waals surface area (Å²) in [5.41, 5.74) is 2.36. The maximum Gasteiger partial charge on any atom is 0.264 e. The van der Waals surface area contributed by atoms with E-state index in [1.54, 1.807) is 12.1 Å². The van der Waals surface area contributed by atoms with Crippen LogP contribution < -0.4 is 9.62 Å². The van der Waals surface area contributed by atoms with Crippen LogP contribution in [0.4, 0.5) is 11.4 Å². The van der Waals surface area contributed by atoms with Gasteiger partial charge in [-0.2, -0.15) is 0 Å². The average molecular weight is 386 g/mol. The molecule has 1 amide bonds. The number of hydrogen-bond acceptors (Lipinski definition) is 4. The van der Waals surface area contributed by atoms with Crippen LogP contribution in [0.1, 0.15) is 24.8 Å². The van der Waals surface area contributed by atoms with Crippen LogP contribution in [-0.2, 0) is 26.0 Å². The van der Waals surface area contributed by atoms with Gasteiger partial charge in [0.1, 0.15) is 6.10 Å². The van der Waals surface area contributed by atoms with Crippen LogP contribution >= 0.6 is 0 Å². The van der Waals surface area contributed by atoms with E-state index in [1.807, 2.05) is 24.3 Å². The lowest BCUT2D eigenvalue weighted by molar-refractivity contribution is -0.124. The second kappa shape index (κ2) is 7.32. The highest BCUT2D eigenvalue weighted by molar-refractivity contribution is 7.92. The highest BCUT2D eigenvalue weighted by atomic mass is 32.2. The topological polar surface area (TPSA) is 75.7 Å². The maximum atomic E-state index is 13.1. The Morgan fingerprint density at radius 1 is 1.07 bits per heavy atom. The standard InChI is InChI=1S/C20H22N2O4S/c23-20(19-8-4-14-26-19)21-16-9-11-17(12-10-16)27(24,25)22-13-3-6-15-5-1-2-7-18(15)22/h1-2,5,7,9-12,19H,3-4,6,8,13-14H2,(H,21,23)/t19-/m1/s1. The van der Waals surface area contributed by atoms with Crippen LogP contribution in [0.25, 0.3) is 0 Å². The van der Waals surface area contributed by atoms with Gasteiger partial charge in [0.15, 0.2) is 0 Å². The van der Waals surface area contributed by atoms with Crippen molar-refractivity contribution in [2.45, 2.75) is 36.7 Å². The smallest absolute Gasteiger partial charge is 0.264 e. The number of benzene rings is 2. The fourth-order valence-electron chi connectivity index (χ4n) is 3.59. The zero-order chi connectivity index (χ0) is 18.9. The van der Waals surface area contributed by atoms with Gasteiger partial charge in [0.05, 0.1) is 10.6 Å². The summed E-state index contributed by atoms with van der Waals surface area (Å²) in [7, 11) is -3.64. The molecule has 0 bridgehead atoms. The molecule has 0 aliphatic carbocycles. The van der Waals surface area contributed by atoms with Gasteiger partial charge in [-0.1, -0.05) is 18.2 Å². The van der Waals surface area contributed by atoms with Gasteiger partial charge in [-0.15, -0.1) is 0 Å². The summed E-state index contributed by atoms with van der Waals surface area (Å²) in [6.45, 7) is 1.07. The lowest BCUT2D eigenvalue weighted by atomic mass is 10.0. The summed E-state index contributed by atoms with van der Waals surface area (Å²) in [6, 6.07) is 13.9. The van der Waals surface area contributed by atoms with Gasteiger partial charge in [-0.05, 0) is 61.6 Å². The SMILES string of the molecule is O=C(Nc1ccc(S(=O)(=O)N2CCCc3ccccc32)cc1)[C@H]1CCCO1. The summed E-state index contributed by atoms with van der Waals surface area (Å²) in [5, 5.41) is 2.79. The van der Waals surface area contributed by atoms with E-state index in [1.165, 1.54) is 16.4 Å². The van der Waals surface area contributed by atoms with Gasteiger partial charge in [-0.3, -0.25) is 9.10 Å². The third kappa shape index (κ3) is 3.57. The van der Waals surface area contributed by atoms with Crippen molar-refractivity contribution < 1.29 is 17.9 Å². The number of fused-ring (bicyclic) bond motifs is 1. The summed E-state index contributed by atoms with van der Waals surface area (Å²) in [5.74, 6) is -0.187. The average Bonchev–Trinajstić information content (AvgIpc) is 3.23. The van der Waals surface area contributed by atoms with E-state index in [9.17, 15) is 13.2 Å². The second-order valence-corrected chi connectivity index (χ2v) is 8.69. The second-order valence-electron chi connectivity index (χ2n) is 6.82. The molecule has 2 aromatic rings. The number of carbonyl (C=O) groups excluding carboxylic acids is 1. The Morgan fingerprint density at radius 2 is 1.85 bits per heavy atom. The number of amides is 1. The molecule has 2 aliphatic heterocycles. The van der Waals surface area contributed by atoms with E-state index in [2.05, 4.69) is 5.32 Å². The zero-order valence-corrected chi connectivity index (χ0v) is 15.7. The first kappa shape index (κ1) is 18.0. The van der Waals surface area contributed by atoms with Gasteiger partial charge in [0, 0.05) is 18.8 Å². The molecule has 1 fully saturated rings. The quantitative estimate of drug-likeness (QED) is 0.877. The predicted octanol–water partition coefficient (Wildman–Crippen LogP) is 2.95. The van der Waals surface area contributed by atoms with Crippen LogP contribution in [0.3, 0.4) is 0 Å². The van der Waals surface area contributed by atoms with E-state index >= 15 is 0 Å². The Bertz CT molecular complexity index is 935. The highest BCUT2D eigenvalue weighted by Gasteiger charge is 2.29. The molecule has 0 spiro atoms. The van der Waals surface area contributed by atoms with Gasteiger partial charge in [-0.25, -0.2) is 8.42 Å². The summed E-state index contributed by atoms with van der Waals surface area (Å²) in [4.78, 5) is 12.3. The lowest BCUT2D eigenvalue weighted by Gasteiger charge is -2.30. The maximum absolute atomic E-state index is 13.1. The molecule has 27 heavy (non-hydrogen) atoms. The van der Waals surface area contributed by atoms with Crippen LogP contribution in [0, 0.1) is 0 Å². The number of aryl methyl sites for hydroxylation is 1. The van der Waals surface area contributed by atoms with Crippen molar-refractivity contribution in [1.82, 2.24) is 0 Å². The molecular weight excluding hydrogens is 364 g/mol. The minimum atomic E-state index is -3.64. The largest absolute Gasteiger partial charge is 0.368 e. The normalized spacial score (nSPS) is 19.6. The molecular formula is C20H22N2O4S. The van der Waals surface area contributed by atoms with E-state index in [0.29, 0.717) is 25.3 Å². The number of ether oxygens (including phenoxy) is 1. The number of sulfonamides is 1. The first-order valence-electron chi connectivity index (χ1n) is 9.19. The molecule has 0 unspecified atom stereocenters. The third-order valence-corrected chi connectivity index (χ3v) is 6.83. The molecule has 7 heteroatoms. The van der Waals surface area contributed by atoms with Crippen LogP contribution in [0.15, 0.2) is 53.4 Å². The monoisotopic (exact) mass is 386 g/mol. The minimum absolute atomic E-state index is 0.187. The van der Waals surface area contributed by atoms with E-state index in [0.717, 1.165) is 30.5 Å². The van der Waals surface area contributed by atoms with Crippen molar-refractivity contribution in [2.75, 3.05) is 22.8 Å². The summed E-state index contributed by atoms with van der Waals surface area (Å²) < 4.78 is 33.1. The molecule has 142 valence electrons. The molecule has 2 aliphatic rings. The number of nitrogens with zero attached hydrogens (tertiary/aromatic N) is 1. The molecule has 6 nitrogen and oxygen atoms in total. The van der Waals surface area contributed by atoms with Crippen molar-refractivity contribution in [3.8, 4) is 0 Å². The molecule has 1 atom stereocenters. The number of para-hydroxylation sites is 1. The number of hydrogen-bond donors (Lipinski definition) is 1. The molecule has 1 saturated heterocycles. The lowest BCUT2D eigenvalue weighted by Crippen LogP contribution is -2.35. The fraction of sp³-hybridized carbons (Fsp3) is 0.350. The predicted molar refractivity (Wildman–Crippen MR) is 103 cm³/mol. The van der Waals surface area contributed by atoms with Crippen LogP contribution in [0.5, 0.6) is 0 Å². The summed E-state index contributed by atoms with van der Waals surface area (Å²) in [6.07, 6.45) is 2.86. The van der Waals surface area contributed by atoms with Crippen molar-refractivity contribution in [3.63, 3.8) is 0 Å². The molecule has 4 rings (SSSR count). The Labute approximate surface area is 159 Å². The van der Waals surface area contributed by atoms with Crippen molar-refractivity contribution >= 4 is 27.3 Å². The third-order valence-electron chi connectivity index (χ3n) is 5.00. The molecule has 0 radical (unpaired) electrons. The van der Waals surface area contributed by atoms with Gasteiger partial charge in [0.25, 0.3) is 15.9 Å². The Balaban J connectivity index is 1.54. The van der Waals surface area contributed by atoms with E-state index < -0.39 is 16.1 Å². The molecule has 1 N–H and O–H groups in total. The molecule has 2 aromatic carbocycles. The molecule has 0 aromatic heterocycles. The zero-order valence-electron chi connectivity index (χ0n) is 14.9. The van der Waals surface area contributed by atoms with Crippen LogP contribution in [-0.4, -0.2) is 33.6 Å². The van der Waals surface area contributed by atoms with Crippen molar-refractivity contribution in [2.24, 2.45) is 0 Å².